The predicted octanol–water partition coefficient (Wildman–Crippen LogP) is 7.54. The quantitative estimate of drug-likeness (QED) is 0.225. The topological polar surface area (TPSA) is 56.8 Å². The summed E-state index contributed by atoms with van der Waals surface area (Å²) in [6.07, 6.45) is 5.39. The maximum absolute atomic E-state index is 14.1. The normalized spacial score (nSPS) is 19.4. The monoisotopic (exact) mass is 567 g/mol. The Morgan fingerprint density at radius 2 is 1.74 bits per heavy atom. The first-order valence-corrected chi connectivity index (χ1v) is 14.2. The Hall–Kier alpha value is -4.16. The van der Waals surface area contributed by atoms with Crippen molar-refractivity contribution in [3.05, 3.63) is 118 Å². The van der Waals surface area contributed by atoms with Gasteiger partial charge in [0.2, 0.25) is 0 Å². The van der Waals surface area contributed by atoms with E-state index in [0.29, 0.717) is 17.2 Å². The van der Waals surface area contributed by atoms with Crippen molar-refractivity contribution in [2.45, 2.75) is 58.5 Å². The second-order valence-electron chi connectivity index (χ2n) is 11.9. The molecule has 1 aliphatic heterocycles. The molecule has 0 amide bonds. The van der Waals surface area contributed by atoms with Gasteiger partial charge in [-0.2, -0.15) is 0 Å². The van der Waals surface area contributed by atoms with Crippen molar-refractivity contribution in [2.24, 2.45) is 0 Å². The van der Waals surface area contributed by atoms with Crippen molar-refractivity contribution in [1.82, 2.24) is 5.32 Å². The van der Waals surface area contributed by atoms with Gasteiger partial charge in [-0.1, -0.05) is 48.6 Å². The number of carbonyl (C=O) groups is 1. The molecule has 0 bridgehead atoms. The molecule has 2 aliphatic rings. The third kappa shape index (κ3) is 6.19. The summed E-state index contributed by atoms with van der Waals surface area (Å²) in [4.78, 5) is 12.6. The molecule has 0 saturated carbocycles. The maximum atomic E-state index is 14.1. The minimum absolute atomic E-state index is 0.177. The van der Waals surface area contributed by atoms with Crippen molar-refractivity contribution >= 4 is 11.5 Å². The summed E-state index contributed by atoms with van der Waals surface area (Å²) in [5, 5.41) is 3.82. The lowest BCUT2D eigenvalue weighted by molar-refractivity contribution is -0.133. The lowest BCUT2D eigenvalue weighted by Gasteiger charge is -2.47. The van der Waals surface area contributed by atoms with Crippen LogP contribution in [0.5, 0.6) is 17.2 Å². The van der Waals surface area contributed by atoms with Crippen LogP contribution in [0.4, 0.5) is 4.39 Å². The standard InChI is InChI=1S/C36H38FNO4/c1-23-12-13-26(37)19-31(23)41-22-30-28(16-17-36(5)34(30)24(2)21-35(3,4)38-36)29-15-14-27(20-32(29)40-6)42-33(39)18-25-10-8-7-9-11-25/h7-16,19-21,38H,17-18,22H2,1-6H3. The lowest BCUT2D eigenvalue weighted by atomic mass is 9.69. The van der Waals surface area contributed by atoms with Crippen LogP contribution in [0.1, 0.15) is 50.8 Å². The first-order valence-electron chi connectivity index (χ1n) is 14.2. The summed E-state index contributed by atoms with van der Waals surface area (Å²) >= 11 is 0. The Morgan fingerprint density at radius 3 is 2.48 bits per heavy atom. The molecule has 0 saturated heterocycles. The number of rotatable bonds is 8. The van der Waals surface area contributed by atoms with Gasteiger partial charge in [-0.05, 0) is 87.1 Å². The third-order valence-corrected chi connectivity index (χ3v) is 7.87. The van der Waals surface area contributed by atoms with E-state index in [2.05, 4.69) is 45.2 Å². The van der Waals surface area contributed by atoms with E-state index in [0.717, 1.165) is 39.8 Å². The highest BCUT2D eigenvalue weighted by molar-refractivity contribution is 5.87. The summed E-state index contributed by atoms with van der Waals surface area (Å²) in [6, 6.07) is 19.6. The molecule has 1 aliphatic carbocycles. The van der Waals surface area contributed by atoms with Crippen molar-refractivity contribution in [1.29, 1.82) is 0 Å². The Balaban J connectivity index is 1.51. The minimum atomic E-state index is -0.345. The number of fused-ring (bicyclic) bond motifs is 1. The Morgan fingerprint density at radius 1 is 0.976 bits per heavy atom. The zero-order valence-corrected chi connectivity index (χ0v) is 25.1. The SMILES string of the molecule is COc1cc(OC(=O)Cc2ccccc2)ccc1C1=CCC2(C)NC(C)(C)C=C(C)C2=C1COc1cc(F)ccc1C. The van der Waals surface area contributed by atoms with Crippen LogP contribution in [0, 0.1) is 12.7 Å². The average molecular weight is 568 g/mol. The number of methoxy groups -OCH3 is 1. The molecule has 6 heteroatoms. The number of aryl methyl sites for hydroxylation is 1. The molecular formula is C36H38FNO4. The number of hydrogen-bond donors (Lipinski definition) is 1. The van der Waals surface area contributed by atoms with E-state index < -0.39 is 0 Å². The van der Waals surface area contributed by atoms with Gasteiger partial charge in [0.15, 0.2) is 0 Å². The van der Waals surface area contributed by atoms with Crippen LogP contribution in [0.15, 0.2) is 95.6 Å². The highest BCUT2D eigenvalue weighted by Crippen LogP contribution is 2.47. The summed E-state index contributed by atoms with van der Waals surface area (Å²) in [5.74, 6) is 0.820. The van der Waals surface area contributed by atoms with E-state index in [1.165, 1.54) is 17.7 Å². The predicted molar refractivity (Wildman–Crippen MR) is 164 cm³/mol. The van der Waals surface area contributed by atoms with Gasteiger partial charge in [0.25, 0.3) is 0 Å². The highest BCUT2D eigenvalue weighted by Gasteiger charge is 2.42. The van der Waals surface area contributed by atoms with Crippen LogP contribution < -0.4 is 19.5 Å². The summed E-state index contributed by atoms with van der Waals surface area (Å²) in [5.41, 5.74) is 6.42. The van der Waals surface area contributed by atoms with Gasteiger partial charge >= 0.3 is 5.97 Å². The number of carbonyl (C=O) groups excluding carboxylic acids is 1. The van der Waals surface area contributed by atoms with Gasteiger partial charge in [-0.25, -0.2) is 4.39 Å². The smallest absolute Gasteiger partial charge is 0.315 e. The van der Waals surface area contributed by atoms with Crippen molar-refractivity contribution in [2.75, 3.05) is 13.7 Å². The Labute approximate surface area is 247 Å². The molecule has 0 aromatic heterocycles. The fourth-order valence-electron chi connectivity index (χ4n) is 6.34. The number of nitrogens with one attached hydrogen (secondary N) is 1. The minimum Gasteiger partial charge on any atom is -0.496 e. The summed E-state index contributed by atoms with van der Waals surface area (Å²) in [6.45, 7) is 10.8. The van der Waals surface area contributed by atoms with E-state index in [9.17, 15) is 9.18 Å². The number of esters is 1. The van der Waals surface area contributed by atoms with Crippen molar-refractivity contribution in [3.63, 3.8) is 0 Å². The molecule has 0 radical (unpaired) electrons. The molecule has 1 heterocycles. The Kier molecular flexibility index (Phi) is 8.11. The van der Waals surface area contributed by atoms with Gasteiger partial charge in [0, 0.05) is 34.3 Å². The molecule has 5 nitrogen and oxygen atoms in total. The lowest BCUT2D eigenvalue weighted by Crippen LogP contribution is -2.58. The molecule has 3 aromatic carbocycles. The molecule has 42 heavy (non-hydrogen) atoms. The zero-order valence-electron chi connectivity index (χ0n) is 25.1. The van der Waals surface area contributed by atoms with Crippen LogP contribution in [-0.4, -0.2) is 30.8 Å². The molecule has 1 atom stereocenters. The molecule has 0 fully saturated rings. The molecule has 1 unspecified atom stereocenters. The highest BCUT2D eigenvalue weighted by atomic mass is 19.1. The second-order valence-corrected chi connectivity index (χ2v) is 11.9. The van der Waals surface area contributed by atoms with Crippen molar-refractivity contribution < 1.29 is 23.4 Å². The molecular weight excluding hydrogens is 529 g/mol. The van der Waals surface area contributed by atoms with Crippen LogP contribution in [0.25, 0.3) is 5.57 Å². The fraction of sp³-hybridized carbons (Fsp3) is 0.306. The molecule has 0 spiro atoms. The first kappa shape index (κ1) is 29.3. The van der Waals surface area contributed by atoms with E-state index >= 15 is 0 Å². The van der Waals surface area contributed by atoms with Crippen LogP contribution in [0.3, 0.4) is 0 Å². The number of benzene rings is 3. The second kappa shape index (κ2) is 11.6. The first-order chi connectivity index (χ1) is 20.0. The number of ether oxygens (including phenoxy) is 3. The van der Waals surface area contributed by atoms with Crippen LogP contribution in [-0.2, 0) is 11.2 Å². The molecule has 5 rings (SSSR count). The Bertz CT molecular complexity index is 1600. The zero-order chi connectivity index (χ0) is 30.1. The van der Waals surface area contributed by atoms with Crippen molar-refractivity contribution in [3.8, 4) is 17.2 Å². The molecule has 3 aromatic rings. The van der Waals surface area contributed by atoms with E-state index in [1.54, 1.807) is 25.3 Å². The van der Waals surface area contributed by atoms with Gasteiger partial charge in [0.05, 0.1) is 13.5 Å². The van der Waals surface area contributed by atoms with E-state index in [4.69, 9.17) is 14.2 Å². The number of hydrogen-bond acceptors (Lipinski definition) is 5. The third-order valence-electron chi connectivity index (χ3n) is 7.87. The summed E-state index contributed by atoms with van der Waals surface area (Å²) in [7, 11) is 1.61. The molecule has 218 valence electrons. The van der Waals surface area contributed by atoms with E-state index in [1.807, 2.05) is 43.3 Å². The van der Waals surface area contributed by atoms with Gasteiger partial charge < -0.3 is 14.2 Å². The van der Waals surface area contributed by atoms with Gasteiger partial charge in [-0.15, -0.1) is 0 Å². The average Bonchev–Trinajstić information content (AvgIpc) is 2.92. The fourth-order valence-corrected chi connectivity index (χ4v) is 6.34. The van der Waals surface area contributed by atoms with Gasteiger partial charge in [0.1, 0.15) is 29.7 Å². The van der Waals surface area contributed by atoms with E-state index in [-0.39, 0.29) is 35.9 Å². The molecule has 1 N–H and O–H groups in total. The summed E-state index contributed by atoms with van der Waals surface area (Å²) < 4.78 is 31.9. The maximum Gasteiger partial charge on any atom is 0.315 e. The van der Waals surface area contributed by atoms with Crippen LogP contribution >= 0.6 is 0 Å². The number of halogens is 1. The van der Waals surface area contributed by atoms with Gasteiger partial charge in [-0.3, -0.25) is 10.1 Å². The van der Waals surface area contributed by atoms with Crippen LogP contribution in [0.2, 0.25) is 0 Å². The largest absolute Gasteiger partial charge is 0.496 e.